The van der Waals surface area contributed by atoms with E-state index in [0.717, 1.165) is 38.0 Å². The van der Waals surface area contributed by atoms with Crippen molar-refractivity contribution in [2.24, 2.45) is 0 Å². The van der Waals surface area contributed by atoms with Gasteiger partial charge in [0.05, 0.1) is 6.54 Å². The van der Waals surface area contributed by atoms with E-state index in [9.17, 15) is 9.59 Å². The molecule has 1 atom stereocenters. The maximum absolute atomic E-state index is 12.8. The first-order valence-corrected chi connectivity index (χ1v) is 9.63. The number of amides is 2. The third kappa shape index (κ3) is 4.18. The van der Waals surface area contributed by atoms with Gasteiger partial charge in [0.25, 0.3) is 5.91 Å². The second-order valence-corrected chi connectivity index (χ2v) is 7.57. The topological polar surface area (TPSA) is 69.9 Å². The zero-order valence-corrected chi connectivity index (χ0v) is 15.9. The summed E-state index contributed by atoms with van der Waals surface area (Å²) in [5.41, 5.74) is 8.07. The summed E-state index contributed by atoms with van der Waals surface area (Å²) < 4.78 is 0. The normalized spacial score (nSPS) is 21.7. The molecule has 1 aromatic rings. The van der Waals surface area contributed by atoms with E-state index in [-0.39, 0.29) is 11.8 Å². The first kappa shape index (κ1) is 18.7. The highest BCUT2D eigenvalue weighted by Gasteiger charge is 2.28. The lowest BCUT2D eigenvalue weighted by Crippen LogP contribution is -2.53. The fourth-order valence-corrected chi connectivity index (χ4v) is 3.90. The summed E-state index contributed by atoms with van der Waals surface area (Å²) in [5, 5.41) is 0. The lowest BCUT2D eigenvalue weighted by molar-refractivity contribution is -0.136. The first-order chi connectivity index (χ1) is 12.5. The van der Waals surface area contributed by atoms with Crippen LogP contribution in [0.15, 0.2) is 18.2 Å². The number of rotatable bonds is 3. The average molecular weight is 358 g/mol. The number of nitrogens with two attached hydrogens (primary N) is 1. The third-order valence-electron chi connectivity index (χ3n) is 5.63. The monoisotopic (exact) mass is 358 g/mol. The number of aryl methyl sites for hydroxylation is 1. The van der Waals surface area contributed by atoms with Crippen molar-refractivity contribution in [1.82, 2.24) is 14.7 Å². The zero-order chi connectivity index (χ0) is 18.7. The molecule has 0 saturated carbocycles. The summed E-state index contributed by atoms with van der Waals surface area (Å²) in [6.45, 7) is 8.19. The molecule has 0 radical (unpaired) electrons. The quantitative estimate of drug-likeness (QED) is 0.836. The fraction of sp³-hybridized carbons (Fsp3) is 0.600. The summed E-state index contributed by atoms with van der Waals surface area (Å²) in [6, 6.07) is 5.81. The van der Waals surface area contributed by atoms with Crippen molar-refractivity contribution in [3.05, 3.63) is 29.3 Å². The van der Waals surface area contributed by atoms with Crippen LogP contribution < -0.4 is 5.73 Å². The zero-order valence-electron chi connectivity index (χ0n) is 15.9. The third-order valence-corrected chi connectivity index (χ3v) is 5.63. The van der Waals surface area contributed by atoms with Crippen LogP contribution in [0, 0.1) is 6.92 Å². The summed E-state index contributed by atoms with van der Waals surface area (Å²) >= 11 is 0. The number of carbonyl (C=O) groups is 2. The largest absolute Gasteiger partial charge is 0.399 e. The minimum absolute atomic E-state index is 0.0328. The van der Waals surface area contributed by atoms with Gasteiger partial charge in [-0.05, 0) is 50.8 Å². The van der Waals surface area contributed by atoms with Crippen LogP contribution >= 0.6 is 0 Å². The van der Waals surface area contributed by atoms with Crippen LogP contribution in [0.3, 0.4) is 0 Å². The molecule has 0 bridgehead atoms. The van der Waals surface area contributed by atoms with Crippen LogP contribution in [-0.2, 0) is 4.79 Å². The van der Waals surface area contributed by atoms with E-state index < -0.39 is 0 Å². The van der Waals surface area contributed by atoms with E-state index in [4.69, 9.17) is 5.73 Å². The van der Waals surface area contributed by atoms with Crippen molar-refractivity contribution in [3.63, 3.8) is 0 Å². The van der Waals surface area contributed by atoms with Gasteiger partial charge in [0.1, 0.15) is 0 Å². The Hall–Kier alpha value is -2.08. The van der Waals surface area contributed by atoms with Crippen molar-refractivity contribution < 1.29 is 9.59 Å². The molecule has 2 heterocycles. The Kier molecular flexibility index (Phi) is 5.81. The molecule has 0 aromatic heterocycles. The molecular weight excluding hydrogens is 328 g/mol. The Labute approximate surface area is 155 Å². The van der Waals surface area contributed by atoms with Crippen LogP contribution in [0.4, 0.5) is 5.69 Å². The second kappa shape index (κ2) is 8.08. The lowest BCUT2D eigenvalue weighted by Gasteiger charge is -2.38. The van der Waals surface area contributed by atoms with Gasteiger partial charge in [-0.2, -0.15) is 0 Å². The smallest absolute Gasteiger partial charge is 0.254 e. The number of nitrogens with zero attached hydrogens (tertiary/aromatic N) is 3. The van der Waals surface area contributed by atoms with Gasteiger partial charge in [0.2, 0.25) is 5.91 Å². The van der Waals surface area contributed by atoms with Gasteiger partial charge in [-0.1, -0.05) is 6.07 Å². The molecule has 2 amide bonds. The molecule has 2 fully saturated rings. The first-order valence-electron chi connectivity index (χ1n) is 9.63. The second-order valence-electron chi connectivity index (χ2n) is 7.57. The van der Waals surface area contributed by atoms with Gasteiger partial charge >= 0.3 is 0 Å². The van der Waals surface area contributed by atoms with Crippen molar-refractivity contribution >= 4 is 17.5 Å². The molecule has 6 heteroatoms. The van der Waals surface area contributed by atoms with Gasteiger partial charge in [0, 0.05) is 50.0 Å². The number of hydrogen-bond acceptors (Lipinski definition) is 4. The molecule has 2 N–H and O–H groups in total. The lowest BCUT2D eigenvalue weighted by atomic mass is 10.0. The highest BCUT2D eigenvalue weighted by Crippen LogP contribution is 2.18. The number of benzene rings is 1. The summed E-state index contributed by atoms with van der Waals surface area (Å²) in [5.74, 6) is 0.258. The van der Waals surface area contributed by atoms with Crippen molar-refractivity contribution in [2.45, 2.75) is 39.2 Å². The Morgan fingerprint density at radius 2 is 1.85 bits per heavy atom. The maximum atomic E-state index is 12.8. The molecule has 1 unspecified atom stereocenters. The molecule has 0 spiro atoms. The molecular formula is C20H30N4O2. The van der Waals surface area contributed by atoms with Crippen molar-refractivity contribution in [3.8, 4) is 0 Å². The van der Waals surface area contributed by atoms with E-state index in [2.05, 4.69) is 11.8 Å². The number of hydrogen-bond donors (Lipinski definition) is 1. The predicted molar refractivity (Wildman–Crippen MR) is 103 cm³/mol. The minimum atomic E-state index is 0.0328. The van der Waals surface area contributed by atoms with Gasteiger partial charge < -0.3 is 15.5 Å². The van der Waals surface area contributed by atoms with E-state index >= 15 is 0 Å². The van der Waals surface area contributed by atoms with Gasteiger partial charge in [0.15, 0.2) is 0 Å². The van der Waals surface area contributed by atoms with E-state index in [0.29, 0.717) is 36.9 Å². The molecule has 2 saturated heterocycles. The van der Waals surface area contributed by atoms with Crippen LogP contribution in [-0.4, -0.2) is 71.8 Å². The number of nitrogen functional groups attached to an aromatic ring is 1. The van der Waals surface area contributed by atoms with Gasteiger partial charge in [-0.15, -0.1) is 0 Å². The molecule has 6 nitrogen and oxygen atoms in total. The minimum Gasteiger partial charge on any atom is -0.399 e. The summed E-state index contributed by atoms with van der Waals surface area (Å²) in [4.78, 5) is 31.4. The highest BCUT2D eigenvalue weighted by molar-refractivity contribution is 5.96. The van der Waals surface area contributed by atoms with Crippen LogP contribution in [0.25, 0.3) is 0 Å². The van der Waals surface area contributed by atoms with E-state index in [1.165, 1.54) is 6.42 Å². The number of likely N-dealkylation sites (tertiary alicyclic amines) is 1. The van der Waals surface area contributed by atoms with E-state index in [1.54, 1.807) is 6.07 Å². The standard InChI is InChI=1S/C20H30N4O2/c1-15-6-7-17(21)13-18(15)20(26)23-11-9-22(10-12-23)14-19(25)24-8-4-3-5-16(24)2/h6-7,13,16H,3-5,8-12,14,21H2,1-2H3. The van der Waals surface area contributed by atoms with Crippen molar-refractivity contribution in [1.29, 1.82) is 0 Å². The predicted octanol–water partition coefficient (Wildman–Crippen LogP) is 1.74. The molecule has 1 aromatic carbocycles. The summed E-state index contributed by atoms with van der Waals surface area (Å²) in [7, 11) is 0. The van der Waals surface area contributed by atoms with Gasteiger partial charge in [-0.3, -0.25) is 14.5 Å². The fourth-order valence-electron chi connectivity index (χ4n) is 3.90. The summed E-state index contributed by atoms with van der Waals surface area (Å²) in [6.07, 6.45) is 3.43. The molecule has 26 heavy (non-hydrogen) atoms. The molecule has 2 aliphatic heterocycles. The maximum Gasteiger partial charge on any atom is 0.254 e. The molecule has 2 aliphatic rings. The Bertz CT molecular complexity index is 668. The van der Waals surface area contributed by atoms with Crippen molar-refractivity contribution in [2.75, 3.05) is 45.0 Å². The SMILES string of the molecule is Cc1ccc(N)cc1C(=O)N1CCN(CC(=O)N2CCCCC2C)CC1. The van der Waals surface area contributed by atoms with Gasteiger partial charge in [-0.25, -0.2) is 0 Å². The number of carbonyl (C=O) groups excluding carboxylic acids is 2. The average Bonchev–Trinajstić information content (AvgIpc) is 2.64. The van der Waals surface area contributed by atoms with Crippen LogP contribution in [0.5, 0.6) is 0 Å². The Balaban J connectivity index is 1.53. The van der Waals surface area contributed by atoms with Crippen LogP contribution in [0.1, 0.15) is 42.1 Å². The molecule has 142 valence electrons. The number of anilines is 1. The Morgan fingerprint density at radius 3 is 2.54 bits per heavy atom. The number of piperazine rings is 1. The molecule has 3 rings (SSSR count). The van der Waals surface area contributed by atoms with Crippen LogP contribution in [0.2, 0.25) is 0 Å². The van der Waals surface area contributed by atoms with E-state index in [1.807, 2.05) is 28.9 Å². The highest BCUT2D eigenvalue weighted by atomic mass is 16.2. The number of piperidine rings is 1. The Morgan fingerprint density at radius 1 is 1.12 bits per heavy atom. The molecule has 0 aliphatic carbocycles.